The summed E-state index contributed by atoms with van der Waals surface area (Å²) in [6, 6.07) is 12.4. The number of aromatic nitrogens is 1. The highest BCUT2D eigenvalue weighted by Gasteiger charge is 2.30. The van der Waals surface area contributed by atoms with Gasteiger partial charge >= 0.3 is 5.97 Å². The molecule has 48 heavy (non-hydrogen) atoms. The van der Waals surface area contributed by atoms with Gasteiger partial charge in [0.1, 0.15) is 43.5 Å². The van der Waals surface area contributed by atoms with Crippen LogP contribution in [0.4, 0.5) is 4.39 Å². The minimum atomic E-state index is -3.50. The molecule has 0 saturated carbocycles. The van der Waals surface area contributed by atoms with Crippen LogP contribution in [0, 0.1) is 5.82 Å². The van der Waals surface area contributed by atoms with Gasteiger partial charge in [0.2, 0.25) is 0 Å². The summed E-state index contributed by atoms with van der Waals surface area (Å²) in [5.74, 6) is -0.656. The average molecular weight is 699 g/mol. The van der Waals surface area contributed by atoms with Crippen molar-refractivity contribution in [3.05, 3.63) is 94.0 Å². The minimum absolute atomic E-state index is 0.0226. The molecule has 4 aromatic rings. The summed E-state index contributed by atoms with van der Waals surface area (Å²) >= 11 is 6.70. The van der Waals surface area contributed by atoms with Gasteiger partial charge < -0.3 is 29.2 Å². The molecule has 14 heteroatoms. The molecule has 2 atom stereocenters. The van der Waals surface area contributed by atoms with Crippen LogP contribution < -0.4 is 24.3 Å². The van der Waals surface area contributed by atoms with E-state index in [9.17, 15) is 23.4 Å². The Morgan fingerprint density at radius 1 is 1.12 bits per heavy atom. The van der Waals surface area contributed by atoms with Crippen molar-refractivity contribution in [2.75, 3.05) is 26.1 Å². The number of carboxylic acid groups (broad SMARTS) is 1. The summed E-state index contributed by atoms with van der Waals surface area (Å²) in [6.45, 7) is -0.0984. The lowest BCUT2D eigenvalue weighted by Gasteiger charge is -2.21. The summed E-state index contributed by atoms with van der Waals surface area (Å²) in [7, 11) is -3.50. The van der Waals surface area contributed by atoms with E-state index in [4.69, 9.17) is 30.5 Å². The Kier molecular flexibility index (Phi) is 9.74. The number of halogens is 2. The van der Waals surface area contributed by atoms with Crippen molar-refractivity contribution in [2.24, 2.45) is 0 Å². The third-order valence-electron chi connectivity index (χ3n) is 8.15. The highest BCUT2D eigenvalue weighted by Crippen LogP contribution is 2.45. The van der Waals surface area contributed by atoms with E-state index in [1.807, 2.05) is 18.2 Å². The third-order valence-corrected chi connectivity index (χ3v) is 9.53. The molecule has 0 amide bonds. The molecule has 1 aliphatic carbocycles. The van der Waals surface area contributed by atoms with E-state index < -0.39 is 40.4 Å². The number of nitrogens with one attached hydrogen (secondary N) is 1. The second-order valence-electron chi connectivity index (χ2n) is 11.4. The zero-order valence-electron chi connectivity index (χ0n) is 25.7. The average Bonchev–Trinajstić information content (AvgIpc) is 3.48. The first kappa shape index (κ1) is 33.5. The summed E-state index contributed by atoms with van der Waals surface area (Å²) in [4.78, 5) is 15.5. The van der Waals surface area contributed by atoms with E-state index in [1.54, 1.807) is 24.3 Å². The van der Waals surface area contributed by atoms with Crippen LogP contribution in [0.1, 0.15) is 34.8 Å². The van der Waals surface area contributed by atoms with Crippen LogP contribution in [0.25, 0.3) is 11.1 Å². The molecule has 252 valence electrons. The molecule has 6 rings (SSSR count). The van der Waals surface area contributed by atoms with Crippen LogP contribution in [-0.4, -0.2) is 61.7 Å². The minimum Gasteiger partial charge on any atom is -0.488 e. The monoisotopic (exact) mass is 698 g/mol. The van der Waals surface area contributed by atoms with Crippen molar-refractivity contribution in [2.45, 2.75) is 43.0 Å². The van der Waals surface area contributed by atoms with Crippen LogP contribution >= 0.6 is 11.6 Å². The molecule has 0 bridgehead atoms. The summed E-state index contributed by atoms with van der Waals surface area (Å²) in [5.41, 5.74) is 3.90. The maximum absolute atomic E-state index is 15.6. The van der Waals surface area contributed by atoms with E-state index in [0.717, 1.165) is 22.9 Å². The molecule has 2 heterocycles. The molecular formula is C34H32ClFN2O9S. The first-order valence-electron chi connectivity index (χ1n) is 15.1. The van der Waals surface area contributed by atoms with E-state index in [2.05, 4.69) is 10.3 Å². The molecule has 1 unspecified atom stereocenters. The van der Waals surface area contributed by atoms with Crippen LogP contribution in [0.5, 0.6) is 23.0 Å². The van der Waals surface area contributed by atoms with Crippen molar-refractivity contribution < 1.29 is 46.8 Å². The molecule has 3 aromatic carbocycles. The number of hydrogen-bond acceptors (Lipinski definition) is 10. The Balaban J connectivity index is 1.29. The van der Waals surface area contributed by atoms with Crippen LogP contribution in [-0.2, 0) is 34.2 Å². The largest absolute Gasteiger partial charge is 0.488 e. The summed E-state index contributed by atoms with van der Waals surface area (Å²) in [5, 5.41) is 21.8. The predicted octanol–water partition coefficient (Wildman–Crippen LogP) is 4.90. The smallest absolute Gasteiger partial charge is 0.323 e. The lowest BCUT2D eigenvalue weighted by Crippen LogP contribution is -2.39. The van der Waals surface area contributed by atoms with Crippen molar-refractivity contribution in [1.29, 1.82) is 0 Å². The van der Waals surface area contributed by atoms with Gasteiger partial charge in [0.15, 0.2) is 27.2 Å². The Morgan fingerprint density at radius 2 is 1.94 bits per heavy atom. The van der Waals surface area contributed by atoms with Gasteiger partial charge in [0.05, 0.1) is 16.5 Å². The standard InChI is InChI=1S/C34H32ClFN2O9S/c1-48(42,43)21-11-19(14-37-16-21)18-46-30-13-31(26(35)12-20(30)15-38-27(17-39)34(40)41)47-28-7-5-23-22(3-2-4-24(23)28)25-6-8-29-33(32(25)36)45-10-9-44-29/h2-4,6,8,11-14,16,27-28,38-39H,5,7,9-10,15,17-18H2,1H3,(H,40,41)/t27?,28-/m0/s1. The predicted molar refractivity (Wildman–Crippen MR) is 173 cm³/mol. The number of hydrogen-bond donors (Lipinski definition) is 3. The lowest BCUT2D eigenvalue weighted by atomic mass is 9.96. The van der Waals surface area contributed by atoms with Gasteiger partial charge in [0.25, 0.3) is 0 Å². The van der Waals surface area contributed by atoms with E-state index in [1.165, 1.54) is 18.5 Å². The fourth-order valence-corrected chi connectivity index (χ4v) is 6.59. The first-order chi connectivity index (χ1) is 23.0. The fraction of sp³-hybridized carbons (Fsp3) is 0.294. The summed E-state index contributed by atoms with van der Waals surface area (Å²) < 4.78 is 63.3. The molecule has 0 fully saturated rings. The van der Waals surface area contributed by atoms with Crippen LogP contribution in [0.2, 0.25) is 5.02 Å². The number of fused-ring (bicyclic) bond motifs is 2. The van der Waals surface area contributed by atoms with E-state index in [0.29, 0.717) is 53.4 Å². The SMILES string of the molecule is CS(=O)(=O)c1cncc(COc2cc(O[C@H]3CCc4c(-c5ccc6c(c5F)OCCO6)cccc43)c(Cl)cc2CNC(CO)C(=O)O)c1. The van der Waals surface area contributed by atoms with Gasteiger partial charge in [-0.15, -0.1) is 0 Å². The second kappa shape index (κ2) is 14.0. The van der Waals surface area contributed by atoms with Gasteiger partial charge in [-0.1, -0.05) is 29.8 Å². The normalized spacial score (nSPS) is 15.9. The Hall–Kier alpha value is -4.43. The molecule has 0 saturated heterocycles. The second-order valence-corrected chi connectivity index (χ2v) is 13.8. The maximum atomic E-state index is 15.6. The number of carbonyl (C=O) groups is 1. The fourth-order valence-electron chi connectivity index (χ4n) is 5.74. The number of benzene rings is 3. The number of aliphatic hydroxyl groups excluding tert-OH is 1. The number of rotatable bonds is 12. The highest BCUT2D eigenvalue weighted by molar-refractivity contribution is 7.90. The molecule has 1 aliphatic heterocycles. The van der Waals surface area contributed by atoms with Gasteiger partial charge in [-0.25, -0.2) is 12.8 Å². The molecule has 2 aliphatic rings. The zero-order chi connectivity index (χ0) is 34.0. The van der Waals surface area contributed by atoms with Crippen LogP contribution in [0.15, 0.2) is 65.8 Å². The number of ether oxygens (including phenoxy) is 4. The van der Waals surface area contributed by atoms with Gasteiger partial charge in [0, 0.05) is 48.0 Å². The van der Waals surface area contributed by atoms with Crippen molar-refractivity contribution in [3.8, 4) is 34.1 Å². The van der Waals surface area contributed by atoms with Gasteiger partial charge in [-0.2, -0.15) is 0 Å². The molecule has 0 spiro atoms. The highest BCUT2D eigenvalue weighted by atomic mass is 35.5. The van der Waals surface area contributed by atoms with E-state index >= 15 is 4.39 Å². The number of carboxylic acids is 1. The first-order valence-corrected chi connectivity index (χ1v) is 17.3. The van der Waals surface area contributed by atoms with Crippen molar-refractivity contribution in [3.63, 3.8) is 0 Å². The Bertz CT molecular complexity index is 1970. The van der Waals surface area contributed by atoms with Crippen LogP contribution in [0.3, 0.4) is 0 Å². The number of pyridine rings is 1. The number of sulfone groups is 1. The Labute approximate surface area is 281 Å². The quantitative estimate of drug-likeness (QED) is 0.185. The van der Waals surface area contributed by atoms with Gasteiger partial charge in [-0.05, 0) is 53.8 Å². The number of aliphatic carboxylic acids is 1. The maximum Gasteiger partial charge on any atom is 0.323 e. The third kappa shape index (κ3) is 7.04. The van der Waals surface area contributed by atoms with E-state index in [-0.39, 0.29) is 35.4 Å². The number of nitrogens with zero attached hydrogens (tertiary/aromatic N) is 1. The lowest BCUT2D eigenvalue weighted by molar-refractivity contribution is -0.140. The number of aliphatic hydroxyl groups is 1. The molecular weight excluding hydrogens is 667 g/mol. The summed E-state index contributed by atoms with van der Waals surface area (Å²) in [6.07, 6.45) is 4.60. The topological polar surface area (TPSA) is 154 Å². The van der Waals surface area contributed by atoms with Crippen molar-refractivity contribution in [1.82, 2.24) is 10.3 Å². The molecule has 0 radical (unpaired) electrons. The molecule has 11 nitrogen and oxygen atoms in total. The molecule has 1 aromatic heterocycles. The van der Waals surface area contributed by atoms with Crippen molar-refractivity contribution >= 4 is 27.4 Å². The van der Waals surface area contributed by atoms with Gasteiger partial charge in [-0.3, -0.25) is 15.1 Å². The molecule has 3 N–H and O–H groups in total. The Morgan fingerprint density at radius 3 is 2.71 bits per heavy atom. The zero-order valence-corrected chi connectivity index (χ0v) is 27.3.